The van der Waals surface area contributed by atoms with Gasteiger partial charge in [0.05, 0.1) is 5.69 Å². The van der Waals surface area contributed by atoms with E-state index in [1.165, 1.54) is 43.9 Å². The van der Waals surface area contributed by atoms with Gasteiger partial charge in [0, 0.05) is 24.2 Å². The maximum atomic E-state index is 4.31. The Morgan fingerprint density at radius 2 is 2.13 bits per heavy atom. The van der Waals surface area contributed by atoms with Crippen molar-refractivity contribution in [3.8, 4) is 0 Å². The fourth-order valence-electron chi connectivity index (χ4n) is 1.86. The Morgan fingerprint density at radius 1 is 1.27 bits per heavy atom. The molecule has 0 amide bonds. The molecule has 0 atom stereocenters. The van der Waals surface area contributed by atoms with Gasteiger partial charge >= 0.3 is 0 Å². The zero-order valence-electron chi connectivity index (χ0n) is 9.06. The molecular formula is C12H18N2S. The minimum Gasteiger partial charge on any atom is -0.303 e. The molecule has 1 saturated heterocycles. The standard InChI is InChI=1S/C12H18N2S/c1-2-6-13-12(5-1)11-15-10-9-14-7-3-4-8-14/h1-2,5-6H,3-4,7-11H2. The van der Waals surface area contributed by atoms with Crippen LogP contribution in [0.3, 0.4) is 0 Å². The summed E-state index contributed by atoms with van der Waals surface area (Å²) in [6.45, 7) is 3.87. The van der Waals surface area contributed by atoms with Crippen LogP contribution in [0.2, 0.25) is 0 Å². The first kappa shape index (κ1) is 11.0. The first-order chi connectivity index (χ1) is 7.45. The van der Waals surface area contributed by atoms with Gasteiger partial charge in [-0.2, -0.15) is 11.8 Å². The normalized spacial score (nSPS) is 17.1. The lowest BCUT2D eigenvalue weighted by Gasteiger charge is -2.13. The highest BCUT2D eigenvalue weighted by atomic mass is 32.2. The second-order valence-electron chi connectivity index (χ2n) is 3.92. The summed E-state index contributed by atoms with van der Waals surface area (Å²) < 4.78 is 0. The molecule has 0 bridgehead atoms. The summed E-state index contributed by atoms with van der Waals surface area (Å²) in [5.74, 6) is 2.28. The van der Waals surface area contributed by atoms with Crippen molar-refractivity contribution in [1.82, 2.24) is 9.88 Å². The van der Waals surface area contributed by atoms with E-state index in [1.54, 1.807) is 0 Å². The second kappa shape index (κ2) is 6.13. The third-order valence-corrected chi connectivity index (χ3v) is 3.70. The fourth-order valence-corrected chi connectivity index (χ4v) is 2.77. The monoisotopic (exact) mass is 222 g/mol. The van der Waals surface area contributed by atoms with E-state index >= 15 is 0 Å². The van der Waals surface area contributed by atoms with Crippen molar-refractivity contribution in [2.75, 3.05) is 25.4 Å². The van der Waals surface area contributed by atoms with Crippen LogP contribution in [0.4, 0.5) is 0 Å². The lowest BCUT2D eigenvalue weighted by Crippen LogP contribution is -2.21. The predicted octanol–water partition coefficient (Wildman–Crippen LogP) is 2.41. The third kappa shape index (κ3) is 3.84. The highest BCUT2D eigenvalue weighted by molar-refractivity contribution is 7.98. The molecule has 1 aliphatic heterocycles. The molecule has 0 unspecified atom stereocenters. The highest BCUT2D eigenvalue weighted by Crippen LogP contribution is 2.12. The van der Waals surface area contributed by atoms with Crippen LogP contribution in [0, 0.1) is 0 Å². The summed E-state index contributed by atoms with van der Waals surface area (Å²) >= 11 is 1.99. The second-order valence-corrected chi connectivity index (χ2v) is 5.03. The van der Waals surface area contributed by atoms with Crippen molar-refractivity contribution >= 4 is 11.8 Å². The molecule has 2 nitrogen and oxygen atoms in total. The molecule has 1 aliphatic rings. The number of pyridine rings is 1. The van der Waals surface area contributed by atoms with Crippen LogP contribution in [0.5, 0.6) is 0 Å². The van der Waals surface area contributed by atoms with E-state index in [0.29, 0.717) is 0 Å². The first-order valence-electron chi connectivity index (χ1n) is 5.65. The average molecular weight is 222 g/mol. The van der Waals surface area contributed by atoms with E-state index in [2.05, 4.69) is 22.0 Å². The minimum absolute atomic E-state index is 1.05. The first-order valence-corrected chi connectivity index (χ1v) is 6.80. The largest absolute Gasteiger partial charge is 0.303 e. The van der Waals surface area contributed by atoms with Gasteiger partial charge in [-0.15, -0.1) is 0 Å². The molecule has 3 heteroatoms. The Kier molecular flexibility index (Phi) is 4.48. The number of rotatable bonds is 5. The molecule has 0 N–H and O–H groups in total. The Hall–Kier alpha value is -0.540. The summed E-state index contributed by atoms with van der Waals surface area (Å²) in [4.78, 5) is 6.87. The van der Waals surface area contributed by atoms with Gasteiger partial charge < -0.3 is 4.90 Å². The minimum atomic E-state index is 1.05. The van der Waals surface area contributed by atoms with Gasteiger partial charge in [0.1, 0.15) is 0 Å². The van der Waals surface area contributed by atoms with E-state index in [9.17, 15) is 0 Å². The Balaban J connectivity index is 1.59. The SMILES string of the molecule is c1ccc(CSCCN2CCCC2)nc1. The summed E-state index contributed by atoms with van der Waals surface area (Å²) in [6, 6.07) is 6.13. The van der Waals surface area contributed by atoms with E-state index < -0.39 is 0 Å². The molecule has 1 fully saturated rings. The Bertz CT molecular complexity index is 270. The summed E-state index contributed by atoms with van der Waals surface area (Å²) in [5.41, 5.74) is 1.20. The van der Waals surface area contributed by atoms with Crippen LogP contribution < -0.4 is 0 Å². The van der Waals surface area contributed by atoms with Gasteiger partial charge in [-0.3, -0.25) is 4.98 Å². The number of aromatic nitrogens is 1. The number of thioether (sulfide) groups is 1. The lowest BCUT2D eigenvalue weighted by atomic mass is 10.4. The van der Waals surface area contributed by atoms with Crippen molar-refractivity contribution in [3.05, 3.63) is 30.1 Å². The Labute approximate surface area is 96.1 Å². The fraction of sp³-hybridized carbons (Fsp3) is 0.583. The molecule has 0 radical (unpaired) electrons. The van der Waals surface area contributed by atoms with Crippen LogP contribution in [0.1, 0.15) is 18.5 Å². The zero-order chi connectivity index (χ0) is 10.3. The summed E-state index contributed by atoms with van der Waals surface area (Å²) in [6.07, 6.45) is 4.66. The van der Waals surface area contributed by atoms with Gasteiger partial charge in [0.15, 0.2) is 0 Å². The van der Waals surface area contributed by atoms with Gasteiger partial charge in [0.25, 0.3) is 0 Å². The van der Waals surface area contributed by atoms with Crippen molar-refractivity contribution in [2.45, 2.75) is 18.6 Å². The van der Waals surface area contributed by atoms with E-state index in [0.717, 1.165) is 5.75 Å². The highest BCUT2D eigenvalue weighted by Gasteiger charge is 2.10. The van der Waals surface area contributed by atoms with E-state index in [4.69, 9.17) is 0 Å². The smallest absolute Gasteiger partial charge is 0.0502 e. The predicted molar refractivity (Wildman–Crippen MR) is 66.1 cm³/mol. The molecule has 82 valence electrons. The molecule has 0 spiro atoms. The van der Waals surface area contributed by atoms with Gasteiger partial charge in [-0.05, 0) is 38.1 Å². The average Bonchev–Trinajstić information content (AvgIpc) is 2.79. The summed E-state index contributed by atoms with van der Waals surface area (Å²) in [7, 11) is 0. The quantitative estimate of drug-likeness (QED) is 0.712. The van der Waals surface area contributed by atoms with Crippen molar-refractivity contribution < 1.29 is 0 Å². The molecule has 1 aromatic heterocycles. The van der Waals surface area contributed by atoms with Crippen molar-refractivity contribution in [1.29, 1.82) is 0 Å². The number of nitrogens with zero attached hydrogens (tertiary/aromatic N) is 2. The van der Waals surface area contributed by atoms with E-state index in [1.807, 2.05) is 24.0 Å². The number of likely N-dealkylation sites (tertiary alicyclic amines) is 1. The maximum absolute atomic E-state index is 4.31. The molecule has 2 heterocycles. The molecule has 0 saturated carbocycles. The molecule has 15 heavy (non-hydrogen) atoms. The molecule has 1 aromatic rings. The van der Waals surface area contributed by atoms with Crippen LogP contribution in [-0.4, -0.2) is 35.3 Å². The maximum Gasteiger partial charge on any atom is 0.0502 e. The Morgan fingerprint density at radius 3 is 2.87 bits per heavy atom. The third-order valence-electron chi connectivity index (χ3n) is 2.73. The van der Waals surface area contributed by atoms with Gasteiger partial charge in [-0.25, -0.2) is 0 Å². The topological polar surface area (TPSA) is 16.1 Å². The van der Waals surface area contributed by atoms with Crippen molar-refractivity contribution in [3.63, 3.8) is 0 Å². The number of hydrogen-bond donors (Lipinski definition) is 0. The van der Waals surface area contributed by atoms with Gasteiger partial charge in [0.2, 0.25) is 0 Å². The molecule has 0 aromatic carbocycles. The van der Waals surface area contributed by atoms with Crippen LogP contribution >= 0.6 is 11.8 Å². The number of hydrogen-bond acceptors (Lipinski definition) is 3. The molecule has 2 rings (SSSR count). The molecular weight excluding hydrogens is 204 g/mol. The zero-order valence-corrected chi connectivity index (χ0v) is 9.88. The van der Waals surface area contributed by atoms with Crippen LogP contribution in [-0.2, 0) is 5.75 Å². The van der Waals surface area contributed by atoms with Crippen LogP contribution in [0.15, 0.2) is 24.4 Å². The molecule has 0 aliphatic carbocycles. The van der Waals surface area contributed by atoms with Gasteiger partial charge in [-0.1, -0.05) is 6.07 Å². The van der Waals surface area contributed by atoms with Crippen LogP contribution in [0.25, 0.3) is 0 Å². The van der Waals surface area contributed by atoms with Crippen molar-refractivity contribution in [2.24, 2.45) is 0 Å². The lowest BCUT2D eigenvalue weighted by molar-refractivity contribution is 0.362. The summed E-state index contributed by atoms with van der Waals surface area (Å²) in [5, 5.41) is 0. The van der Waals surface area contributed by atoms with E-state index in [-0.39, 0.29) is 0 Å².